The van der Waals surface area contributed by atoms with Crippen LogP contribution in [0.25, 0.3) is 5.57 Å². The van der Waals surface area contributed by atoms with E-state index in [0.717, 1.165) is 11.1 Å². The number of allylic oxidation sites excluding steroid dienone is 1. The first kappa shape index (κ1) is 14.7. The topological polar surface area (TPSA) is 49.3 Å². The second kappa shape index (κ2) is 7.19. The molecule has 0 aromatic heterocycles. The van der Waals surface area contributed by atoms with E-state index >= 15 is 0 Å². The lowest BCUT2D eigenvalue weighted by Crippen LogP contribution is -2.24. The van der Waals surface area contributed by atoms with Crippen molar-refractivity contribution >= 4 is 23.1 Å². The number of aliphatic hydroxyl groups excluding tert-OH is 1. The van der Waals surface area contributed by atoms with Crippen molar-refractivity contribution in [3.05, 3.63) is 40.9 Å². The first-order valence-electron chi connectivity index (χ1n) is 5.90. The van der Waals surface area contributed by atoms with E-state index in [4.69, 9.17) is 16.7 Å². The van der Waals surface area contributed by atoms with Gasteiger partial charge in [-0.25, -0.2) is 0 Å². The molecule has 0 fully saturated rings. The van der Waals surface area contributed by atoms with Gasteiger partial charge in [-0.3, -0.25) is 4.79 Å². The van der Waals surface area contributed by atoms with Gasteiger partial charge in [0.25, 0.3) is 0 Å². The van der Waals surface area contributed by atoms with Crippen LogP contribution in [-0.2, 0) is 4.79 Å². The van der Waals surface area contributed by atoms with E-state index in [1.807, 2.05) is 25.1 Å². The standard InChI is InChI=1S/C14H18ClNO2/c1-10(12-5-3-4-6-13(12)15)9-14(18)16-8-7-11(2)17/h3-6,9,11,17H,7-8H2,1-2H3,(H,16,18). The molecule has 0 saturated carbocycles. The molecule has 18 heavy (non-hydrogen) atoms. The molecule has 0 spiro atoms. The molecule has 3 nitrogen and oxygen atoms in total. The summed E-state index contributed by atoms with van der Waals surface area (Å²) in [5.74, 6) is -0.173. The maximum atomic E-state index is 11.6. The van der Waals surface area contributed by atoms with Gasteiger partial charge in [-0.05, 0) is 37.5 Å². The van der Waals surface area contributed by atoms with Crippen LogP contribution in [0, 0.1) is 0 Å². The van der Waals surface area contributed by atoms with E-state index in [1.54, 1.807) is 13.0 Å². The zero-order valence-electron chi connectivity index (χ0n) is 10.6. The van der Waals surface area contributed by atoms with Crippen LogP contribution in [0.15, 0.2) is 30.3 Å². The van der Waals surface area contributed by atoms with Crippen LogP contribution in [0.2, 0.25) is 5.02 Å². The highest BCUT2D eigenvalue weighted by molar-refractivity contribution is 6.32. The Kier molecular flexibility index (Phi) is 5.89. The number of hydrogen-bond acceptors (Lipinski definition) is 2. The molecular weight excluding hydrogens is 250 g/mol. The van der Waals surface area contributed by atoms with Gasteiger partial charge >= 0.3 is 0 Å². The molecule has 0 bridgehead atoms. The van der Waals surface area contributed by atoms with Crippen LogP contribution in [-0.4, -0.2) is 23.7 Å². The fourth-order valence-corrected chi connectivity index (χ4v) is 1.80. The quantitative estimate of drug-likeness (QED) is 0.806. The Bertz CT molecular complexity index is 441. The maximum Gasteiger partial charge on any atom is 0.244 e. The van der Waals surface area contributed by atoms with Crippen molar-refractivity contribution in [2.75, 3.05) is 6.54 Å². The molecule has 0 radical (unpaired) electrons. The highest BCUT2D eigenvalue weighted by atomic mass is 35.5. The van der Waals surface area contributed by atoms with Crippen LogP contribution in [0.3, 0.4) is 0 Å². The summed E-state index contributed by atoms with van der Waals surface area (Å²) in [5, 5.41) is 12.4. The summed E-state index contributed by atoms with van der Waals surface area (Å²) < 4.78 is 0. The fourth-order valence-electron chi connectivity index (χ4n) is 1.51. The van der Waals surface area contributed by atoms with Crippen LogP contribution >= 0.6 is 11.6 Å². The van der Waals surface area contributed by atoms with Crippen molar-refractivity contribution in [1.29, 1.82) is 0 Å². The molecule has 1 rings (SSSR count). The fraction of sp³-hybridized carbons (Fsp3) is 0.357. The van der Waals surface area contributed by atoms with Crippen molar-refractivity contribution in [3.8, 4) is 0 Å². The van der Waals surface area contributed by atoms with E-state index in [-0.39, 0.29) is 5.91 Å². The maximum absolute atomic E-state index is 11.6. The van der Waals surface area contributed by atoms with Crippen molar-refractivity contribution in [2.24, 2.45) is 0 Å². The van der Waals surface area contributed by atoms with Gasteiger partial charge in [-0.1, -0.05) is 29.8 Å². The number of amides is 1. The molecule has 1 amide bonds. The number of rotatable bonds is 5. The number of hydrogen-bond donors (Lipinski definition) is 2. The Morgan fingerprint density at radius 3 is 2.78 bits per heavy atom. The van der Waals surface area contributed by atoms with E-state index in [0.29, 0.717) is 18.0 Å². The number of carbonyl (C=O) groups excluding carboxylic acids is 1. The minimum Gasteiger partial charge on any atom is -0.393 e. The Morgan fingerprint density at radius 2 is 2.17 bits per heavy atom. The van der Waals surface area contributed by atoms with Gasteiger partial charge in [-0.2, -0.15) is 0 Å². The van der Waals surface area contributed by atoms with E-state index < -0.39 is 6.10 Å². The van der Waals surface area contributed by atoms with Crippen molar-refractivity contribution in [3.63, 3.8) is 0 Å². The minimum absolute atomic E-state index is 0.173. The third kappa shape index (κ3) is 4.90. The average molecular weight is 268 g/mol. The molecule has 0 saturated heterocycles. The summed E-state index contributed by atoms with van der Waals surface area (Å²) in [6.45, 7) is 4.00. The predicted octanol–water partition coefficient (Wildman–Crippen LogP) is 2.63. The highest BCUT2D eigenvalue weighted by Crippen LogP contribution is 2.22. The first-order valence-corrected chi connectivity index (χ1v) is 6.27. The zero-order chi connectivity index (χ0) is 13.5. The smallest absolute Gasteiger partial charge is 0.244 e. The van der Waals surface area contributed by atoms with Gasteiger partial charge in [0, 0.05) is 17.6 Å². The van der Waals surface area contributed by atoms with Crippen molar-refractivity contribution in [1.82, 2.24) is 5.32 Å². The van der Waals surface area contributed by atoms with Crippen LogP contribution in [0.5, 0.6) is 0 Å². The molecule has 0 aliphatic rings. The number of carbonyl (C=O) groups is 1. The lowest BCUT2D eigenvalue weighted by Gasteiger charge is -2.06. The Morgan fingerprint density at radius 1 is 1.50 bits per heavy atom. The van der Waals surface area contributed by atoms with Gasteiger partial charge in [0.2, 0.25) is 5.91 Å². The summed E-state index contributed by atoms with van der Waals surface area (Å²) in [6, 6.07) is 7.39. The minimum atomic E-state index is -0.404. The van der Waals surface area contributed by atoms with Crippen molar-refractivity contribution < 1.29 is 9.90 Å². The Hall–Kier alpha value is -1.32. The molecule has 0 heterocycles. The van der Waals surface area contributed by atoms with Crippen LogP contribution in [0.4, 0.5) is 0 Å². The molecule has 4 heteroatoms. The monoisotopic (exact) mass is 267 g/mol. The summed E-state index contributed by atoms with van der Waals surface area (Å²) in [4.78, 5) is 11.6. The Labute approximate surface area is 112 Å². The first-order chi connectivity index (χ1) is 8.50. The lowest BCUT2D eigenvalue weighted by atomic mass is 10.1. The normalized spacial score (nSPS) is 13.2. The number of aliphatic hydroxyl groups is 1. The molecule has 98 valence electrons. The molecule has 0 aliphatic heterocycles. The van der Waals surface area contributed by atoms with Gasteiger partial charge in [0.15, 0.2) is 0 Å². The van der Waals surface area contributed by atoms with Gasteiger partial charge in [0.1, 0.15) is 0 Å². The van der Waals surface area contributed by atoms with Gasteiger partial charge < -0.3 is 10.4 Å². The van der Waals surface area contributed by atoms with Crippen LogP contribution in [0.1, 0.15) is 25.8 Å². The summed E-state index contributed by atoms with van der Waals surface area (Å²) >= 11 is 6.04. The molecule has 1 unspecified atom stereocenters. The summed E-state index contributed by atoms with van der Waals surface area (Å²) in [6.07, 6.45) is 1.66. The molecule has 1 atom stereocenters. The summed E-state index contributed by atoms with van der Waals surface area (Å²) in [5.41, 5.74) is 1.67. The third-order valence-corrected chi connectivity index (χ3v) is 2.84. The van der Waals surface area contributed by atoms with Crippen molar-refractivity contribution in [2.45, 2.75) is 26.4 Å². The third-order valence-electron chi connectivity index (χ3n) is 2.51. The largest absolute Gasteiger partial charge is 0.393 e. The molecule has 2 N–H and O–H groups in total. The molecule has 0 aliphatic carbocycles. The number of nitrogens with one attached hydrogen (secondary N) is 1. The zero-order valence-corrected chi connectivity index (χ0v) is 11.4. The van der Waals surface area contributed by atoms with E-state index in [9.17, 15) is 4.79 Å². The number of benzene rings is 1. The second-order valence-corrected chi connectivity index (χ2v) is 4.64. The molecule has 1 aromatic rings. The second-order valence-electron chi connectivity index (χ2n) is 4.24. The summed E-state index contributed by atoms with van der Waals surface area (Å²) in [7, 11) is 0. The SMILES string of the molecule is CC(=CC(=O)NCCC(C)O)c1ccccc1Cl. The van der Waals surface area contributed by atoms with Gasteiger partial charge in [-0.15, -0.1) is 0 Å². The highest BCUT2D eigenvalue weighted by Gasteiger charge is 2.04. The van der Waals surface area contributed by atoms with E-state index in [1.165, 1.54) is 6.08 Å². The number of halogens is 1. The molecule has 1 aromatic carbocycles. The van der Waals surface area contributed by atoms with Gasteiger partial charge in [0.05, 0.1) is 6.10 Å². The molecular formula is C14H18ClNO2. The lowest BCUT2D eigenvalue weighted by molar-refractivity contribution is -0.116. The van der Waals surface area contributed by atoms with E-state index in [2.05, 4.69) is 5.32 Å². The van der Waals surface area contributed by atoms with Crippen LogP contribution < -0.4 is 5.32 Å². The Balaban J connectivity index is 2.61. The average Bonchev–Trinajstić information content (AvgIpc) is 2.28. The predicted molar refractivity (Wildman–Crippen MR) is 74.4 cm³/mol.